The van der Waals surface area contributed by atoms with Crippen molar-refractivity contribution in [1.29, 1.82) is 0 Å². The Labute approximate surface area is 94.5 Å². The number of aromatic nitrogens is 2. The first-order valence-corrected chi connectivity index (χ1v) is 5.39. The highest BCUT2D eigenvalue weighted by atomic mass is 16.5. The zero-order valence-corrected chi connectivity index (χ0v) is 9.31. The summed E-state index contributed by atoms with van der Waals surface area (Å²) in [5, 5.41) is 3.91. The van der Waals surface area contributed by atoms with Gasteiger partial charge in [-0.1, -0.05) is 22.9 Å². The fraction of sp³-hybridized carbons (Fsp3) is 0.333. The largest absolute Gasteiger partial charge is 0.334 e. The molecule has 4 nitrogen and oxygen atoms in total. The molecule has 0 aliphatic rings. The number of benzene rings is 1. The molecule has 16 heavy (non-hydrogen) atoms. The van der Waals surface area contributed by atoms with Gasteiger partial charge in [0.1, 0.15) is 0 Å². The van der Waals surface area contributed by atoms with Crippen LogP contribution in [0, 0.1) is 6.92 Å². The topological polar surface area (TPSA) is 64.9 Å². The van der Waals surface area contributed by atoms with E-state index < -0.39 is 0 Å². The molecule has 2 rings (SSSR count). The van der Waals surface area contributed by atoms with E-state index in [1.54, 1.807) is 0 Å². The first-order chi connectivity index (χ1) is 7.79. The molecule has 2 aromatic rings. The Balaban J connectivity index is 2.15. The van der Waals surface area contributed by atoms with Crippen molar-refractivity contribution in [2.75, 3.05) is 6.54 Å². The van der Waals surface area contributed by atoms with E-state index in [9.17, 15) is 0 Å². The molecule has 0 saturated heterocycles. The van der Waals surface area contributed by atoms with Crippen LogP contribution in [0.25, 0.3) is 11.5 Å². The van der Waals surface area contributed by atoms with E-state index in [1.165, 1.54) is 5.56 Å². The first kappa shape index (κ1) is 10.8. The Hall–Kier alpha value is -1.68. The van der Waals surface area contributed by atoms with E-state index in [0.29, 0.717) is 12.4 Å². The lowest BCUT2D eigenvalue weighted by Crippen LogP contribution is -2.01. The third-order valence-electron chi connectivity index (χ3n) is 2.37. The first-order valence-electron chi connectivity index (χ1n) is 5.39. The SMILES string of the molecule is Cc1ccc(-c2nc(CCCN)no2)cc1. The smallest absolute Gasteiger partial charge is 0.257 e. The quantitative estimate of drug-likeness (QED) is 0.849. The third kappa shape index (κ3) is 2.46. The summed E-state index contributed by atoms with van der Waals surface area (Å²) < 4.78 is 5.19. The Morgan fingerprint density at radius 3 is 2.69 bits per heavy atom. The van der Waals surface area contributed by atoms with Crippen LogP contribution in [0.1, 0.15) is 17.8 Å². The molecular formula is C12H15N3O. The van der Waals surface area contributed by atoms with Crippen LogP contribution in [0.4, 0.5) is 0 Å². The molecule has 0 saturated carbocycles. The van der Waals surface area contributed by atoms with Crippen molar-refractivity contribution in [3.8, 4) is 11.5 Å². The van der Waals surface area contributed by atoms with Crippen molar-refractivity contribution >= 4 is 0 Å². The number of aryl methyl sites for hydroxylation is 2. The Bertz CT molecular complexity index is 448. The Morgan fingerprint density at radius 2 is 2.00 bits per heavy atom. The summed E-state index contributed by atoms with van der Waals surface area (Å²) >= 11 is 0. The lowest BCUT2D eigenvalue weighted by Gasteiger charge is -1.94. The lowest BCUT2D eigenvalue weighted by molar-refractivity contribution is 0.422. The number of rotatable bonds is 4. The van der Waals surface area contributed by atoms with Crippen molar-refractivity contribution in [2.24, 2.45) is 5.73 Å². The van der Waals surface area contributed by atoms with Gasteiger partial charge in [-0.25, -0.2) is 0 Å². The molecule has 0 radical (unpaired) electrons. The molecule has 0 amide bonds. The van der Waals surface area contributed by atoms with Crippen molar-refractivity contribution in [1.82, 2.24) is 10.1 Å². The van der Waals surface area contributed by atoms with Gasteiger partial charge in [0.05, 0.1) is 0 Å². The highest BCUT2D eigenvalue weighted by Gasteiger charge is 2.07. The maximum Gasteiger partial charge on any atom is 0.257 e. The van der Waals surface area contributed by atoms with Gasteiger partial charge in [0.2, 0.25) is 0 Å². The minimum Gasteiger partial charge on any atom is -0.334 e. The van der Waals surface area contributed by atoms with Gasteiger partial charge in [-0.05, 0) is 32.0 Å². The molecule has 4 heteroatoms. The molecular weight excluding hydrogens is 202 g/mol. The van der Waals surface area contributed by atoms with Gasteiger partial charge in [-0.2, -0.15) is 4.98 Å². The zero-order chi connectivity index (χ0) is 11.4. The van der Waals surface area contributed by atoms with Gasteiger partial charge in [0, 0.05) is 12.0 Å². The summed E-state index contributed by atoms with van der Waals surface area (Å²) in [6.45, 7) is 2.69. The van der Waals surface area contributed by atoms with E-state index in [4.69, 9.17) is 10.3 Å². The molecule has 0 fully saturated rings. The standard InChI is InChI=1S/C12H15N3O/c1-9-4-6-10(7-5-9)12-14-11(15-16-12)3-2-8-13/h4-7H,2-3,8,13H2,1H3. The van der Waals surface area contributed by atoms with Crippen molar-refractivity contribution in [3.05, 3.63) is 35.7 Å². The van der Waals surface area contributed by atoms with Gasteiger partial charge in [-0.3, -0.25) is 0 Å². The van der Waals surface area contributed by atoms with Crippen LogP contribution in [0.15, 0.2) is 28.8 Å². The van der Waals surface area contributed by atoms with E-state index in [0.717, 1.165) is 24.2 Å². The molecule has 0 atom stereocenters. The van der Waals surface area contributed by atoms with Crippen LogP contribution < -0.4 is 5.73 Å². The van der Waals surface area contributed by atoms with Gasteiger partial charge in [-0.15, -0.1) is 0 Å². The number of nitrogens with two attached hydrogens (primary N) is 1. The van der Waals surface area contributed by atoms with Crippen LogP contribution in [0.5, 0.6) is 0 Å². The Kier molecular flexibility index (Phi) is 3.31. The van der Waals surface area contributed by atoms with Gasteiger partial charge < -0.3 is 10.3 Å². The predicted molar refractivity (Wildman–Crippen MR) is 61.8 cm³/mol. The molecule has 1 heterocycles. The van der Waals surface area contributed by atoms with E-state index in [1.807, 2.05) is 31.2 Å². The molecule has 0 unspecified atom stereocenters. The van der Waals surface area contributed by atoms with Crippen molar-refractivity contribution in [3.63, 3.8) is 0 Å². The molecule has 0 bridgehead atoms. The average molecular weight is 217 g/mol. The molecule has 1 aromatic carbocycles. The summed E-state index contributed by atoms with van der Waals surface area (Å²) in [4.78, 5) is 4.31. The van der Waals surface area contributed by atoms with Crippen LogP contribution in [-0.4, -0.2) is 16.7 Å². The van der Waals surface area contributed by atoms with Crippen LogP contribution >= 0.6 is 0 Å². The number of hydrogen-bond acceptors (Lipinski definition) is 4. The molecule has 84 valence electrons. The summed E-state index contributed by atoms with van der Waals surface area (Å²) in [6.07, 6.45) is 1.65. The third-order valence-corrected chi connectivity index (χ3v) is 2.37. The van der Waals surface area contributed by atoms with Crippen LogP contribution in [-0.2, 0) is 6.42 Å². The Morgan fingerprint density at radius 1 is 1.25 bits per heavy atom. The molecule has 0 spiro atoms. The molecule has 2 N–H and O–H groups in total. The fourth-order valence-corrected chi connectivity index (χ4v) is 1.43. The van der Waals surface area contributed by atoms with E-state index in [-0.39, 0.29) is 0 Å². The average Bonchev–Trinajstić information content (AvgIpc) is 2.76. The fourth-order valence-electron chi connectivity index (χ4n) is 1.43. The van der Waals surface area contributed by atoms with Gasteiger partial charge in [0.25, 0.3) is 5.89 Å². The molecule has 1 aromatic heterocycles. The van der Waals surface area contributed by atoms with Crippen LogP contribution in [0.3, 0.4) is 0 Å². The maximum absolute atomic E-state index is 5.42. The van der Waals surface area contributed by atoms with Crippen LogP contribution in [0.2, 0.25) is 0 Å². The van der Waals surface area contributed by atoms with Gasteiger partial charge in [0.15, 0.2) is 5.82 Å². The highest BCUT2D eigenvalue weighted by molar-refractivity contribution is 5.53. The zero-order valence-electron chi connectivity index (χ0n) is 9.31. The summed E-state index contributed by atoms with van der Waals surface area (Å²) in [7, 11) is 0. The van der Waals surface area contributed by atoms with E-state index >= 15 is 0 Å². The normalized spacial score (nSPS) is 10.6. The lowest BCUT2D eigenvalue weighted by atomic mass is 10.1. The van der Waals surface area contributed by atoms with Crippen molar-refractivity contribution < 1.29 is 4.52 Å². The molecule has 0 aliphatic carbocycles. The van der Waals surface area contributed by atoms with Crippen molar-refractivity contribution in [2.45, 2.75) is 19.8 Å². The monoisotopic (exact) mass is 217 g/mol. The maximum atomic E-state index is 5.42. The highest BCUT2D eigenvalue weighted by Crippen LogP contribution is 2.17. The second-order valence-electron chi connectivity index (χ2n) is 3.77. The summed E-state index contributed by atoms with van der Waals surface area (Å²) in [5.74, 6) is 1.30. The minimum absolute atomic E-state index is 0.576. The van der Waals surface area contributed by atoms with E-state index in [2.05, 4.69) is 10.1 Å². The minimum atomic E-state index is 0.576. The summed E-state index contributed by atoms with van der Waals surface area (Å²) in [6, 6.07) is 8.02. The molecule has 0 aliphatic heterocycles. The predicted octanol–water partition coefficient (Wildman–Crippen LogP) is 1.94. The second kappa shape index (κ2) is 4.90. The van der Waals surface area contributed by atoms with Gasteiger partial charge >= 0.3 is 0 Å². The summed E-state index contributed by atoms with van der Waals surface area (Å²) in [5.41, 5.74) is 7.59. The number of hydrogen-bond donors (Lipinski definition) is 1. The number of nitrogens with zero attached hydrogens (tertiary/aromatic N) is 2. The second-order valence-corrected chi connectivity index (χ2v) is 3.77.